The first kappa shape index (κ1) is 18.4. The van der Waals surface area contributed by atoms with E-state index in [1.165, 1.54) is 7.05 Å². The van der Waals surface area contributed by atoms with Crippen LogP contribution >= 0.6 is 0 Å². The molecule has 2 aromatic carbocycles. The van der Waals surface area contributed by atoms with E-state index < -0.39 is 17.2 Å². The number of aromatic amines is 1. The minimum absolute atomic E-state index is 0.277. The minimum Gasteiger partial charge on any atom is -0.501 e. The lowest BCUT2D eigenvalue weighted by molar-refractivity contribution is 0.0954. The first-order valence-electron chi connectivity index (χ1n) is 8.60. The Morgan fingerprint density at radius 3 is 2.63 bits per heavy atom. The molecule has 0 aliphatic rings. The smallest absolute Gasteiger partial charge is 0.293 e. The van der Waals surface area contributed by atoms with Gasteiger partial charge in [0.25, 0.3) is 11.5 Å². The maximum atomic E-state index is 12.0. The molecule has 0 saturated carbocycles. The molecule has 0 radical (unpaired) electrons. The molecule has 0 aliphatic carbocycles. The van der Waals surface area contributed by atoms with E-state index in [0.29, 0.717) is 12.2 Å². The van der Waals surface area contributed by atoms with E-state index in [1.54, 1.807) is 0 Å². The number of carbonyl (C=O) groups excluding carboxylic acids is 1. The van der Waals surface area contributed by atoms with Gasteiger partial charge >= 0.3 is 0 Å². The van der Waals surface area contributed by atoms with Crippen LogP contribution in [0.25, 0.3) is 11.1 Å². The van der Waals surface area contributed by atoms with E-state index >= 15 is 0 Å². The molecule has 6 heteroatoms. The van der Waals surface area contributed by atoms with Crippen molar-refractivity contribution in [2.24, 2.45) is 0 Å². The molecule has 0 spiro atoms. The summed E-state index contributed by atoms with van der Waals surface area (Å²) in [5.41, 5.74) is 4.40. The number of nitrogens with one attached hydrogen (secondary N) is 2. The number of amides is 1. The average molecular weight is 363 g/mol. The van der Waals surface area contributed by atoms with Crippen molar-refractivity contribution in [3.63, 3.8) is 0 Å². The summed E-state index contributed by atoms with van der Waals surface area (Å²) in [6.07, 6.45) is 0.322. The molecule has 0 fully saturated rings. The van der Waals surface area contributed by atoms with Crippen molar-refractivity contribution >= 4 is 5.91 Å². The Labute approximate surface area is 156 Å². The fourth-order valence-electron chi connectivity index (χ4n) is 3.02. The Bertz CT molecular complexity index is 1070. The summed E-state index contributed by atoms with van der Waals surface area (Å²) in [6.45, 7) is 4.09. The second kappa shape index (κ2) is 7.45. The lowest BCUT2D eigenvalue weighted by atomic mass is 9.93. The van der Waals surface area contributed by atoms with E-state index in [0.717, 1.165) is 27.8 Å². The fourth-order valence-corrected chi connectivity index (χ4v) is 3.02. The van der Waals surface area contributed by atoms with E-state index in [1.807, 2.05) is 31.2 Å². The van der Waals surface area contributed by atoms with Crippen molar-refractivity contribution in [1.82, 2.24) is 15.3 Å². The van der Waals surface area contributed by atoms with Gasteiger partial charge in [0.05, 0.1) is 0 Å². The molecule has 0 saturated heterocycles. The van der Waals surface area contributed by atoms with Gasteiger partial charge < -0.3 is 15.4 Å². The van der Waals surface area contributed by atoms with Crippen molar-refractivity contribution in [3.8, 4) is 16.9 Å². The summed E-state index contributed by atoms with van der Waals surface area (Å²) in [7, 11) is 1.42. The van der Waals surface area contributed by atoms with Crippen molar-refractivity contribution in [2.75, 3.05) is 7.05 Å². The van der Waals surface area contributed by atoms with Gasteiger partial charge in [-0.15, -0.1) is 0 Å². The van der Waals surface area contributed by atoms with E-state index in [-0.39, 0.29) is 5.69 Å². The summed E-state index contributed by atoms with van der Waals surface area (Å²) < 4.78 is 0. The van der Waals surface area contributed by atoms with Gasteiger partial charge in [-0.1, -0.05) is 48.0 Å². The summed E-state index contributed by atoms with van der Waals surface area (Å²) in [6, 6.07) is 14.1. The standard InChI is InChI=1S/C21H21N3O3/c1-12-8-9-13(2)16(10-12)15-7-5-4-6-14(15)11-17-23-18(20(26)22-3)19(25)21(27)24-17/h4-10,25H,11H2,1-3H3,(H,22,26)(H,23,24,27). The first-order valence-corrected chi connectivity index (χ1v) is 8.60. The number of H-pyrrole nitrogens is 1. The molecule has 3 N–H and O–H groups in total. The third-order valence-electron chi connectivity index (χ3n) is 4.44. The van der Waals surface area contributed by atoms with E-state index in [9.17, 15) is 14.7 Å². The minimum atomic E-state index is -0.734. The quantitative estimate of drug-likeness (QED) is 0.664. The van der Waals surface area contributed by atoms with Gasteiger partial charge in [-0.25, -0.2) is 4.98 Å². The maximum Gasteiger partial charge on any atom is 0.293 e. The lowest BCUT2D eigenvalue weighted by Gasteiger charge is -2.13. The Morgan fingerprint density at radius 1 is 1.15 bits per heavy atom. The third-order valence-corrected chi connectivity index (χ3v) is 4.44. The molecule has 0 unspecified atom stereocenters. The lowest BCUT2D eigenvalue weighted by Crippen LogP contribution is -2.24. The second-order valence-electron chi connectivity index (χ2n) is 6.44. The van der Waals surface area contributed by atoms with Crippen LogP contribution in [0.4, 0.5) is 0 Å². The normalized spacial score (nSPS) is 10.6. The highest BCUT2D eigenvalue weighted by molar-refractivity contribution is 5.94. The molecule has 0 aliphatic heterocycles. The van der Waals surface area contributed by atoms with Crippen LogP contribution < -0.4 is 10.9 Å². The van der Waals surface area contributed by atoms with E-state index in [2.05, 4.69) is 40.4 Å². The van der Waals surface area contributed by atoms with Gasteiger partial charge in [-0.2, -0.15) is 0 Å². The monoisotopic (exact) mass is 363 g/mol. The number of rotatable bonds is 4. The SMILES string of the molecule is CNC(=O)c1nc(Cc2ccccc2-c2cc(C)ccc2C)[nH]c(=O)c1O. The Balaban J connectivity index is 2.08. The Hall–Kier alpha value is -3.41. The number of carbonyl (C=O) groups is 1. The predicted molar refractivity (Wildman–Crippen MR) is 104 cm³/mol. The number of nitrogens with zero attached hydrogens (tertiary/aromatic N) is 1. The molecular weight excluding hydrogens is 342 g/mol. The first-order chi connectivity index (χ1) is 12.9. The molecule has 27 heavy (non-hydrogen) atoms. The Morgan fingerprint density at radius 2 is 1.89 bits per heavy atom. The van der Waals surface area contributed by atoms with Crippen LogP contribution in [-0.4, -0.2) is 28.0 Å². The zero-order chi connectivity index (χ0) is 19.6. The van der Waals surface area contributed by atoms with Crippen LogP contribution in [0.5, 0.6) is 5.75 Å². The van der Waals surface area contributed by atoms with Gasteiger partial charge in [0, 0.05) is 13.5 Å². The van der Waals surface area contributed by atoms with Crippen molar-refractivity contribution in [1.29, 1.82) is 0 Å². The van der Waals surface area contributed by atoms with Gasteiger partial charge in [-0.05, 0) is 36.1 Å². The van der Waals surface area contributed by atoms with Crippen LogP contribution in [0.1, 0.15) is 33.0 Å². The second-order valence-corrected chi connectivity index (χ2v) is 6.44. The molecule has 3 rings (SSSR count). The molecular formula is C21H21N3O3. The van der Waals surface area contributed by atoms with Crippen LogP contribution in [0.15, 0.2) is 47.3 Å². The largest absolute Gasteiger partial charge is 0.501 e. The summed E-state index contributed by atoms with van der Waals surface area (Å²) in [4.78, 5) is 30.6. The van der Waals surface area contributed by atoms with Crippen molar-refractivity contribution in [3.05, 3.63) is 81.0 Å². The number of benzene rings is 2. The summed E-state index contributed by atoms with van der Waals surface area (Å²) in [5, 5.41) is 12.2. The molecule has 138 valence electrons. The van der Waals surface area contributed by atoms with Crippen molar-refractivity contribution < 1.29 is 9.90 Å². The third kappa shape index (κ3) is 3.74. The van der Waals surface area contributed by atoms with E-state index in [4.69, 9.17) is 0 Å². The number of hydrogen-bond donors (Lipinski definition) is 3. The molecule has 0 bridgehead atoms. The fraction of sp³-hybridized carbons (Fsp3) is 0.190. The van der Waals surface area contributed by atoms with Gasteiger partial charge in [-0.3, -0.25) is 9.59 Å². The molecule has 0 atom stereocenters. The molecule has 1 heterocycles. The van der Waals surface area contributed by atoms with Gasteiger partial charge in [0.15, 0.2) is 5.69 Å². The number of hydrogen-bond acceptors (Lipinski definition) is 4. The predicted octanol–water partition coefficient (Wildman–Crippen LogP) is 2.71. The van der Waals surface area contributed by atoms with Crippen LogP contribution in [0.2, 0.25) is 0 Å². The number of aromatic hydroxyl groups is 1. The molecule has 3 aromatic rings. The molecule has 1 aromatic heterocycles. The zero-order valence-electron chi connectivity index (χ0n) is 15.5. The molecule has 1 amide bonds. The number of aromatic nitrogens is 2. The highest BCUT2D eigenvalue weighted by atomic mass is 16.3. The maximum absolute atomic E-state index is 12.0. The summed E-state index contributed by atoms with van der Waals surface area (Å²) in [5.74, 6) is -0.974. The number of aryl methyl sites for hydroxylation is 2. The van der Waals surface area contributed by atoms with Crippen LogP contribution in [0.3, 0.4) is 0 Å². The highest BCUT2D eigenvalue weighted by Crippen LogP contribution is 2.29. The Kier molecular flexibility index (Phi) is 5.07. The van der Waals surface area contributed by atoms with Crippen molar-refractivity contribution in [2.45, 2.75) is 20.3 Å². The van der Waals surface area contributed by atoms with Crippen LogP contribution in [-0.2, 0) is 6.42 Å². The van der Waals surface area contributed by atoms with Gasteiger partial charge in [0.2, 0.25) is 5.75 Å². The van der Waals surface area contributed by atoms with Crippen LogP contribution in [0, 0.1) is 13.8 Å². The zero-order valence-corrected chi connectivity index (χ0v) is 15.5. The highest BCUT2D eigenvalue weighted by Gasteiger charge is 2.17. The summed E-state index contributed by atoms with van der Waals surface area (Å²) >= 11 is 0. The average Bonchev–Trinajstić information content (AvgIpc) is 2.66. The topological polar surface area (TPSA) is 95.1 Å². The van der Waals surface area contributed by atoms with Gasteiger partial charge in [0.1, 0.15) is 5.82 Å². The molecule has 6 nitrogen and oxygen atoms in total.